The molecule has 3 heteroatoms. The Morgan fingerprint density at radius 3 is 2.79 bits per heavy atom. The number of carbonyl (C=O) groups is 1. The predicted molar refractivity (Wildman–Crippen MR) is 83.9 cm³/mol. The first-order chi connectivity index (χ1) is 9.11. The second-order valence-electron chi connectivity index (χ2n) is 5.49. The Kier molecular flexibility index (Phi) is 3.41. The Balaban J connectivity index is 2.18. The number of hydrogen-bond acceptors (Lipinski definition) is 2. The van der Waals surface area contributed by atoms with Gasteiger partial charge in [0.25, 0.3) is 0 Å². The molecule has 2 aliphatic carbocycles. The van der Waals surface area contributed by atoms with Crippen molar-refractivity contribution >= 4 is 33.9 Å². The molecule has 2 aliphatic rings. The SMILES string of the molecule is CCc1ccc(I)cc1C1=C(O)[C@H]2CC[C@H](C2)C1=O. The molecule has 1 N–H and O–H groups in total. The number of halogens is 1. The fraction of sp³-hybridized carbons (Fsp3) is 0.438. The van der Waals surface area contributed by atoms with Crippen LogP contribution in [0.1, 0.15) is 37.3 Å². The fourth-order valence-electron chi connectivity index (χ4n) is 3.36. The monoisotopic (exact) mass is 368 g/mol. The zero-order chi connectivity index (χ0) is 13.6. The summed E-state index contributed by atoms with van der Waals surface area (Å²) in [6.07, 6.45) is 3.62. The topological polar surface area (TPSA) is 37.3 Å². The van der Waals surface area contributed by atoms with Crippen LogP contribution in [0.4, 0.5) is 0 Å². The summed E-state index contributed by atoms with van der Waals surface area (Å²) in [4.78, 5) is 12.6. The number of aryl methyl sites for hydroxylation is 1. The highest BCUT2D eigenvalue weighted by Crippen LogP contribution is 2.45. The first-order valence-electron chi connectivity index (χ1n) is 6.88. The molecule has 0 unspecified atom stereocenters. The van der Waals surface area contributed by atoms with Crippen LogP contribution in [0, 0.1) is 15.4 Å². The van der Waals surface area contributed by atoms with E-state index < -0.39 is 0 Å². The van der Waals surface area contributed by atoms with Crippen molar-refractivity contribution in [1.29, 1.82) is 0 Å². The maximum Gasteiger partial charge on any atom is 0.169 e. The predicted octanol–water partition coefficient (Wildman–Crippen LogP) is 4.12. The molecule has 1 saturated carbocycles. The Hall–Kier alpha value is -0.840. The van der Waals surface area contributed by atoms with Crippen molar-refractivity contribution in [3.8, 4) is 0 Å². The number of ketones is 1. The summed E-state index contributed by atoms with van der Waals surface area (Å²) in [6, 6.07) is 6.16. The minimum absolute atomic E-state index is 0.137. The van der Waals surface area contributed by atoms with Gasteiger partial charge in [-0.25, -0.2) is 0 Å². The van der Waals surface area contributed by atoms with E-state index >= 15 is 0 Å². The van der Waals surface area contributed by atoms with Gasteiger partial charge in [0.1, 0.15) is 5.76 Å². The third kappa shape index (κ3) is 2.12. The van der Waals surface area contributed by atoms with E-state index in [4.69, 9.17) is 0 Å². The summed E-state index contributed by atoms with van der Waals surface area (Å²) in [6.45, 7) is 2.09. The van der Waals surface area contributed by atoms with Crippen LogP contribution in [0.15, 0.2) is 24.0 Å². The van der Waals surface area contributed by atoms with Gasteiger partial charge in [-0.05, 0) is 71.5 Å². The lowest BCUT2D eigenvalue weighted by atomic mass is 9.82. The number of allylic oxidation sites excluding steroid dienone is 2. The molecule has 1 aromatic rings. The van der Waals surface area contributed by atoms with Gasteiger partial charge in [0.05, 0.1) is 5.57 Å². The van der Waals surface area contributed by atoms with E-state index in [-0.39, 0.29) is 17.6 Å². The Morgan fingerprint density at radius 2 is 2.05 bits per heavy atom. The molecule has 100 valence electrons. The van der Waals surface area contributed by atoms with Crippen LogP contribution < -0.4 is 0 Å². The number of fused-ring (bicyclic) bond motifs is 2. The van der Waals surface area contributed by atoms with E-state index in [1.807, 2.05) is 6.07 Å². The van der Waals surface area contributed by atoms with Gasteiger partial charge in [-0.1, -0.05) is 13.0 Å². The van der Waals surface area contributed by atoms with E-state index in [1.165, 1.54) is 0 Å². The smallest absolute Gasteiger partial charge is 0.169 e. The number of aliphatic hydroxyl groups excluding tert-OH is 1. The highest BCUT2D eigenvalue weighted by Gasteiger charge is 2.41. The molecule has 0 aromatic heterocycles. The van der Waals surface area contributed by atoms with Crippen LogP contribution >= 0.6 is 22.6 Å². The van der Waals surface area contributed by atoms with Gasteiger partial charge < -0.3 is 5.11 Å². The first-order valence-corrected chi connectivity index (χ1v) is 7.95. The van der Waals surface area contributed by atoms with Crippen molar-refractivity contribution in [2.75, 3.05) is 0 Å². The van der Waals surface area contributed by atoms with Crippen molar-refractivity contribution in [2.45, 2.75) is 32.6 Å². The second kappa shape index (κ2) is 4.93. The number of Topliss-reactive ketones (excluding diaryl/α,β-unsaturated/α-hetero) is 1. The Bertz CT molecular complexity index is 574. The van der Waals surface area contributed by atoms with Gasteiger partial charge in [-0.15, -0.1) is 0 Å². The summed E-state index contributed by atoms with van der Waals surface area (Å²) >= 11 is 2.26. The average molecular weight is 368 g/mol. The molecule has 0 heterocycles. The number of benzene rings is 1. The van der Waals surface area contributed by atoms with Crippen LogP contribution in [-0.4, -0.2) is 10.9 Å². The fourth-order valence-corrected chi connectivity index (χ4v) is 3.85. The second-order valence-corrected chi connectivity index (χ2v) is 6.73. The van der Waals surface area contributed by atoms with Gasteiger partial charge in [0.2, 0.25) is 0 Å². The molecule has 0 aliphatic heterocycles. The quantitative estimate of drug-likeness (QED) is 0.798. The van der Waals surface area contributed by atoms with Crippen LogP contribution in [0.2, 0.25) is 0 Å². The maximum absolute atomic E-state index is 12.6. The molecular weight excluding hydrogens is 351 g/mol. The summed E-state index contributed by atoms with van der Waals surface area (Å²) < 4.78 is 1.11. The summed E-state index contributed by atoms with van der Waals surface area (Å²) in [5.41, 5.74) is 2.71. The molecule has 0 saturated heterocycles. The lowest BCUT2D eigenvalue weighted by Gasteiger charge is -2.23. The van der Waals surface area contributed by atoms with Crippen LogP contribution in [-0.2, 0) is 11.2 Å². The van der Waals surface area contributed by atoms with Crippen molar-refractivity contribution in [3.63, 3.8) is 0 Å². The molecular formula is C16H17IO2. The highest BCUT2D eigenvalue weighted by molar-refractivity contribution is 14.1. The van der Waals surface area contributed by atoms with Gasteiger partial charge in [-0.2, -0.15) is 0 Å². The molecule has 0 radical (unpaired) electrons. The van der Waals surface area contributed by atoms with Crippen molar-refractivity contribution in [3.05, 3.63) is 38.7 Å². The van der Waals surface area contributed by atoms with Gasteiger partial charge in [-0.3, -0.25) is 4.79 Å². The van der Waals surface area contributed by atoms with E-state index in [2.05, 4.69) is 41.6 Å². The normalized spacial score (nSPS) is 26.1. The van der Waals surface area contributed by atoms with Gasteiger partial charge in [0, 0.05) is 15.4 Å². The maximum atomic E-state index is 12.6. The molecule has 0 amide bonds. The first kappa shape index (κ1) is 13.2. The summed E-state index contributed by atoms with van der Waals surface area (Å²) in [5.74, 6) is 0.845. The number of hydrogen-bond donors (Lipinski definition) is 1. The third-order valence-corrected chi connectivity index (χ3v) is 5.09. The zero-order valence-electron chi connectivity index (χ0n) is 10.9. The Morgan fingerprint density at radius 1 is 1.32 bits per heavy atom. The van der Waals surface area contributed by atoms with Crippen molar-refractivity contribution in [2.24, 2.45) is 11.8 Å². The van der Waals surface area contributed by atoms with Crippen LogP contribution in [0.25, 0.3) is 5.57 Å². The molecule has 19 heavy (non-hydrogen) atoms. The van der Waals surface area contributed by atoms with E-state index in [0.717, 1.165) is 40.4 Å². The number of rotatable bonds is 2. The van der Waals surface area contributed by atoms with Gasteiger partial charge in [0.15, 0.2) is 5.78 Å². The molecule has 3 rings (SSSR count). The molecule has 2 nitrogen and oxygen atoms in total. The highest BCUT2D eigenvalue weighted by atomic mass is 127. The summed E-state index contributed by atoms with van der Waals surface area (Å²) in [5, 5.41) is 10.4. The molecule has 1 aromatic carbocycles. The number of aliphatic hydroxyl groups is 1. The summed E-state index contributed by atoms with van der Waals surface area (Å²) in [7, 11) is 0. The third-order valence-electron chi connectivity index (χ3n) is 4.41. The standard InChI is InChI=1S/C16H17IO2/c1-2-9-5-6-12(17)8-13(9)14-15(18)10-3-4-11(7-10)16(14)19/h5-6,8,10-11,18H,2-4,7H2,1H3/t10-,11+/m0/s1. The average Bonchev–Trinajstić information content (AvgIpc) is 2.84. The largest absolute Gasteiger partial charge is 0.511 e. The van der Waals surface area contributed by atoms with E-state index in [9.17, 15) is 9.90 Å². The molecule has 0 spiro atoms. The van der Waals surface area contributed by atoms with E-state index in [0.29, 0.717) is 11.3 Å². The minimum atomic E-state index is 0.137. The number of carbonyl (C=O) groups excluding carboxylic acids is 1. The lowest BCUT2D eigenvalue weighted by molar-refractivity contribution is -0.117. The van der Waals surface area contributed by atoms with Gasteiger partial charge >= 0.3 is 0 Å². The lowest BCUT2D eigenvalue weighted by Crippen LogP contribution is -2.22. The molecule has 1 fully saturated rings. The van der Waals surface area contributed by atoms with Crippen LogP contribution in [0.3, 0.4) is 0 Å². The minimum Gasteiger partial charge on any atom is -0.511 e. The van der Waals surface area contributed by atoms with Crippen molar-refractivity contribution < 1.29 is 9.90 Å². The molecule has 2 bridgehead atoms. The van der Waals surface area contributed by atoms with Crippen LogP contribution in [0.5, 0.6) is 0 Å². The zero-order valence-corrected chi connectivity index (χ0v) is 13.1. The Labute approximate surface area is 127 Å². The van der Waals surface area contributed by atoms with Crippen molar-refractivity contribution in [1.82, 2.24) is 0 Å². The van der Waals surface area contributed by atoms with E-state index in [1.54, 1.807) is 0 Å². The molecule has 2 atom stereocenters.